The van der Waals surface area contributed by atoms with Crippen molar-refractivity contribution in [3.05, 3.63) is 64.7 Å². The molecule has 0 saturated carbocycles. The first-order chi connectivity index (χ1) is 10.2. The van der Waals surface area contributed by atoms with E-state index in [4.69, 9.17) is 0 Å². The molecule has 1 unspecified atom stereocenters. The predicted molar refractivity (Wildman–Crippen MR) is 87.9 cm³/mol. The fraction of sp³-hybridized carbons (Fsp3) is 0.368. The van der Waals surface area contributed by atoms with Gasteiger partial charge in [0.1, 0.15) is 6.10 Å². The molecule has 1 atom stereocenters. The summed E-state index contributed by atoms with van der Waals surface area (Å²) in [4.78, 5) is 2.30. The zero-order chi connectivity index (χ0) is 14.8. The number of fused-ring (bicyclic) bond motifs is 1. The molecule has 0 spiro atoms. The standard InChI is InChI=1S/C19H23NO/c1-3-14-6-4-7-16(12-14)19(21)17-9-10-18-15(13-17)8-5-11-20(18)2/h4,6-7,9-10,12-13,19,21H,3,5,8,11H2,1-2H3. The summed E-state index contributed by atoms with van der Waals surface area (Å²) in [5, 5.41) is 10.7. The number of hydrogen-bond acceptors (Lipinski definition) is 2. The lowest BCUT2D eigenvalue weighted by Gasteiger charge is -2.28. The molecular weight excluding hydrogens is 258 g/mol. The molecule has 0 aromatic heterocycles. The van der Waals surface area contributed by atoms with Gasteiger partial charge < -0.3 is 10.0 Å². The Balaban J connectivity index is 1.92. The molecule has 1 aliphatic rings. The number of benzene rings is 2. The Kier molecular flexibility index (Phi) is 3.98. The number of aliphatic hydroxyl groups excluding tert-OH is 1. The lowest BCUT2D eigenvalue weighted by atomic mass is 9.94. The number of nitrogens with zero attached hydrogens (tertiary/aromatic N) is 1. The molecule has 0 aliphatic carbocycles. The molecule has 2 nitrogen and oxygen atoms in total. The lowest BCUT2D eigenvalue weighted by molar-refractivity contribution is 0.220. The summed E-state index contributed by atoms with van der Waals surface area (Å²) in [5.74, 6) is 0. The van der Waals surface area contributed by atoms with Crippen LogP contribution < -0.4 is 4.90 Å². The van der Waals surface area contributed by atoms with Crippen molar-refractivity contribution in [2.24, 2.45) is 0 Å². The quantitative estimate of drug-likeness (QED) is 0.927. The van der Waals surface area contributed by atoms with Gasteiger partial charge in [-0.25, -0.2) is 0 Å². The van der Waals surface area contributed by atoms with Crippen molar-refractivity contribution in [1.82, 2.24) is 0 Å². The smallest absolute Gasteiger partial charge is 0.104 e. The summed E-state index contributed by atoms with van der Waals surface area (Å²) in [6.07, 6.45) is 2.76. The van der Waals surface area contributed by atoms with Gasteiger partial charge in [-0.3, -0.25) is 0 Å². The highest BCUT2D eigenvalue weighted by atomic mass is 16.3. The third-order valence-electron chi connectivity index (χ3n) is 4.45. The molecule has 0 amide bonds. The Labute approximate surface area is 127 Å². The Hall–Kier alpha value is -1.80. The Morgan fingerprint density at radius 3 is 2.76 bits per heavy atom. The fourth-order valence-corrected chi connectivity index (χ4v) is 3.15. The average Bonchev–Trinajstić information content (AvgIpc) is 2.54. The highest BCUT2D eigenvalue weighted by molar-refractivity contribution is 5.57. The van der Waals surface area contributed by atoms with E-state index in [1.807, 2.05) is 12.1 Å². The van der Waals surface area contributed by atoms with Crippen molar-refractivity contribution in [1.29, 1.82) is 0 Å². The molecule has 2 aromatic carbocycles. The zero-order valence-electron chi connectivity index (χ0n) is 12.8. The monoisotopic (exact) mass is 281 g/mol. The fourth-order valence-electron chi connectivity index (χ4n) is 3.15. The van der Waals surface area contributed by atoms with Crippen LogP contribution in [0.2, 0.25) is 0 Å². The third kappa shape index (κ3) is 2.81. The van der Waals surface area contributed by atoms with Gasteiger partial charge in [-0.1, -0.05) is 43.3 Å². The summed E-state index contributed by atoms with van der Waals surface area (Å²) >= 11 is 0. The number of anilines is 1. The number of hydrogen-bond donors (Lipinski definition) is 1. The van der Waals surface area contributed by atoms with Crippen molar-refractivity contribution in [2.75, 3.05) is 18.5 Å². The molecular formula is C19H23NO. The molecule has 1 N–H and O–H groups in total. The predicted octanol–water partition coefficient (Wildman–Crippen LogP) is 3.71. The largest absolute Gasteiger partial charge is 0.384 e. The number of rotatable bonds is 3. The summed E-state index contributed by atoms with van der Waals surface area (Å²) < 4.78 is 0. The van der Waals surface area contributed by atoms with Crippen LogP contribution in [0.15, 0.2) is 42.5 Å². The van der Waals surface area contributed by atoms with E-state index in [0.717, 1.165) is 30.5 Å². The molecule has 110 valence electrons. The second-order valence-electron chi connectivity index (χ2n) is 5.91. The van der Waals surface area contributed by atoms with E-state index in [1.165, 1.54) is 23.2 Å². The summed E-state index contributed by atoms with van der Waals surface area (Å²) in [6, 6.07) is 14.6. The van der Waals surface area contributed by atoms with E-state index in [2.05, 4.69) is 49.2 Å². The molecule has 0 radical (unpaired) electrons. The maximum atomic E-state index is 10.7. The molecule has 0 fully saturated rings. The van der Waals surface area contributed by atoms with Crippen LogP contribution in [0.4, 0.5) is 5.69 Å². The van der Waals surface area contributed by atoms with Crippen molar-refractivity contribution in [2.45, 2.75) is 32.3 Å². The zero-order valence-corrected chi connectivity index (χ0v) is 12.8. The minimum absolute atomic E-state index is 0.533. The first kappa shape index (κ1) is 14.2. The van der Waals surface area contributed by atoms with Crippen molar-refractivity contribution >= 4 is 5.69 Å². The summed E-state index contributed by atoms with van der Waals surface area (Å²) in [7, 11) is 2.14. The molecule has 3 rings (SSSR count). The minimum atomic E-state index is -0.533. The van der Waals surface area contributed by atoms with Crippen LogP contribution in [0.25, 0.3) is 0 Å². The molecule has 1 aliphatic heterocycles. The maximum Gasteiger partial charge on any atom is 0.104 e. The first-order valence-corrected chi connectivity index (χ1v) is 7.80. The van der Waals surface area contributed by atoms with Crippen LogP contribution in [-0.4, -0.2) is 18.7 Å². The number of aryl methyl sites for hydroxylation is 2. The van der Waals surface area contributed by atoms with Crippen LogP contribution in [0.3, 0.4) is 0 Å². The van der Waals surface area contributed by atoms with Crippen LogP contribution in [0.1, 0.15) is 41.7 Å². The van der Waals surface area contributed by atoms with Gasteiger partial charge in [-0.15, -0.1) is 0 Å². The number of aliphatic hydroxyl groups is 1. The highest BCUT2D eigenvalue weighted by Gasteiger charge is 2.17. The normalized spacial score (nSPS) is 15.7. The van der Waals surface area contributed by atoms with Crippen LogP contribution in [-0.2, 0) is 12.8 Å². The van der Waals surface area contributed by atoms with Gasteiger partial charge in [0.25, 0.3) is 0 Å². The second kappa shape index (κ2) is 5.90. The first-order valence-electron chi connectivity index (χ1n) is 7.80. The second-order valence-corrected chi connectivity index (χ2v) is 5.91. The highest BCUT2D eigenvalue weighted by Crippen LogP contribution is 2.31. The van der Waals surface area contributed by atoms with E-state index in [-0.39, 0.29) is 0 Å². The van der Waals surface area contributed by atoms with Crippen LogP contribution >= 0.6 is 0 Å². The Morgan fingerprint density at radius 1 is 1.14 bits per heavy atom. The van der Waals surface area contributed by atoms with Crippen LogP contribution in [0, 0.1) is 0 Å². The van der Waals surface area contributed by atoms with E-state index in [9.17, 15) is 5.11 Å². The van der Waals surface area contributed by atoms with Gasteiger partial charge in [0.2, 0.25) is 0 Å². The van der Waals surface area contributed by atoms with Crippen LogP contribution in [0.5, 0.6) is 0 Å². The van der Waals surface area contributed by atoms with Gasteiger partial charge in [0.05, 0.1) is 0 Å². The van der Waals surface area contributed by atoms with Gasteiger partial charge in [0, 0.05) is 19.3 Å². The molecule has 2 heteroatoms. The lowest BCUT2D eigenvalue weighted by Crippen LogP contribution is -2.24. The Bertz CT molecular complexity index is 635. The van der Waals surface area contributed by atoms with E-state index in [0.29, 0.717) is 0 Å². The van der Waals surface area contributed by atoms with Gasteiger partial charge >= 0.3 is 0 Å². The maximum absolute atomic E-state index is 10.7. The summed E-state index contributed by atoms with van der Waals surface area (Å²) in [6.45, 7) is 3.26. The van der Waals surface area contributed by atoms with Crippen molar-refractivity contribution < 1.29 is 5.11 Å². The average molecular weight is 281 g/mol. The van der Waals surface area contributed by atoms with Crippen molar-refractivity contribution in [3.63, 3.8) is 0 Å². The van der Waals surface area contributed by atoms with Gasteiger partial charge in [-0.2, -0.15) is 0 Å². The molecule has 0 bridgehead atoms. The summed E-state index contributed by atoms with van der Waals surface area (Å²) in [5.41, 5.74) is 5.91. The van der Waals surface area contributed by atoms with Crippen molar-refractivity contribution in [3.8, 4) is 0 Å². The van der Waals surface area contributed by atoms with Gasteiger partial charge in [0.15, 0.2) is 0 Å². The molecule has 2 aromatic rings. The SMILES string of the molecule is CCc1cccc(C(O)c2ccc3c(c2)CCCN3C)c1. The van der Waals surface area contributed by atoms with Gasteiger partial charge in [-0.05, 0) is 47.6 Å². The van der Waals surface area contributed by atoms with E-state index < -0.39 is 6.10 Å². The third-order valence-corrected chi connectivity index (χ3v) is 4.45. The molecule has 21 heavy (non-hydrogen) atoms. The van der Waals surface area contributed by atoms with E-state index in [1.54, 1.807) is 0 Å². The topological polar surface area (TPSA) is 23.5 Å². The molecule has 1 heterocycles. The minimum Gasteiger partial charge on any atom is -0.384 e. The van der Waals surface area contributed by atoms with E-state index >= 15 is 0 Å². The Morgan fingerprint density at radius 2 is 1.95 bits per heavy atom. The molecule has 0 saturated heterocycles.